The van der Waals surface area contributed by atoms with Gasteiger partial charge in [-0.2, -0.15) is 0 Å². The molecule has 130 valence electrons. The molecule has 2 fully saturated rings. The summed E-state index contributed by atoms with van der Waals surface area (Å²) >= 11 is 0. The van der Waals surface area contributed by atoms with Crippen LogP contribution in [-0.4, -0.2) is 68.1 Å². The second-order valence-electron chi connectivity index (χ2n) is 6.60. The molecule has 0 amide bonds. The van der Waals surface area contributed by atoms with Crippen LogP contribution in [0.15, 0.2) is 4.99 Å². The number of piperazine rings is 1. The van der Waals surface area contributed by atoms with E-state index in [1.54, 1.807) is 0 Å². The van der Waals surface area contributed by atoms with Gasteiger partial charge in [0, 0.05) is 38.8 Å². The van der Waals surface area contributed by atoms with Gasteiger partial charge in [0.2, 0.25) is 0 Å². The molecule has 0 aromatic rings. The maximum atomic E-state index is 5.97. The van der Waals surface area contributed by atoms with Crippen molar-refractivity contribution in [2.75, 3.05) is 46.3 Å². The number of nitrogens with zero attached hydrogens (tertiary/aromatic N) is 3. The molecule has 3 N–H and O–H groups in total. The molecule has 22 heavy (non-hydrogen) atoms. The van der Waals surface area contributed by atoms with Gasteiger partial charge in [-0.05, 0) is 39.3 Å². The van der Waals surface area contributed by atoms with Crippen LogP contribution in [0.1, 0.15) is 44.9 Å². The zero-order valence-corrected chi connectivity index (χ0v) is 16.4. The fourth-order valence-electron chi connectivity index (χ4n) is 3.22. The van der Waals surface area contributed by atoms with Crippen molar-refractivity contribution in [3.8, 4) is 0 Å². The summed E-state index contributed by atoms with van der Waals surface area (Å²) in [6.45, 7) is 6.90. The molecule has 2 aliphatic rings. The first-order valence-corrected chi connectivity index (χ1v) is 8.71. The van der Waals surface area contributed by atoms with E-state index in [0.29, 0.717) is 12.0 Å². The zero-order chi connectivity index (χ0) is 14.9. The first-order valence-electron chi connectivity index (χ1n) is 8.71. The molecule has 0 spiro atoms. The number of hydrogen-bond acceptors (Lipinski definition) is 3. The van der Waals surface area contributed by atoms with Gasteiger partial charge < -0.3 is 20.9 Å². The number of halogens is 1. The van der Waals surface area contributed by atoms with Crippen LogP contribution in [0, 0.1) is 0 Å². The summed E-state index contributed by atoms with van der Waals surface area (Å²) in [5, 5.41) is 3.38. The number of likely N-dealkylation sites (N-methyl/N-ethyl adjacent to an activating group) is 1. The molecular formula is C16H34IN5. The van der Waals surface area contributed by atoms with Gasteiger partial charge in [-0.15, -0.1) is 24.0 Å². The second kappa shape index (κ2) is 11.5. The van der Waals surface area contributed by atoms with Crippen molar-refractivity contribution in [3.05, 3.63) is 0 Å². The van der Waals surface area contributed by atoms with Gasteiger partial charge in [-0.1, -0.05) is 19.3 Å². The fourth-order valence-corrected chi connectivity index (χ4v) is 3.22. The molecule has 5 nitrogen and oxygen atoms in total. The minimum absolute atomic E-state index is 0. The molecule has 1 saturated heterocycles. The number of nitrogens with one attached hydrogen (secondary N) is 1. The van der Waals surface area contributed by atoms with Crippen LogP contribution < -0.4 is 11.1 Å². The number of nitrogens with two attached hydrogens (primary N) is 1. The maximum Gasteiger partial charge on any atom is 0.188 e. The molecule has 0 bridgehead atoms. The van der Waals surface area contributed by atoms with Gasteiger partial charge in [0.15, 0.2) is 5.96 Å². The lowest BCUT2D eigenvalue weighted by molar-refractivity contribution is 0.152. The quantitative estimate of drug-likeness (QED) is 0.297. The standard InChI is InChI=1S/C16H33N5.HI/c1-20-11-13-21(14-12-20)10-6-5-9-18-16(17)19-15-7-3-2-4-8-15;/h15H,2-14H2,1H3,(H3,17,18,19);1H. The molecule has 0 radical (unpaired) electrons. The molecule has 1 aliphatic carbocycles. The van der Waals surface area contributed by atoms with Crippen molar-refractivity contribution < 1.29 is 0 Å². The molecule has 1 heterocycles. The van der Waals surface area contributed by atoms with Gasteiger partial charge in [-0.25, -0.2) is 0 Å². The van der Waals surface area contributed by atoms with Crippen LogP contribution in [-0.2, 0) is 0 Å². The Balaban J connectivity index is 0.00000242. The average Bonchev–Trinajstić information content (AvgIpc) is 2.50. The molecule has 0 atom stereocenters. The summed E-state index contributed by atoms with van der Waals surface area (Å²) in [5.41, 5.74) is 5.97. The Hall–Kier alpha value is -0.0800. The van der Waals surface area contributed by atoms with E-state index in [-0.39, 0.29) is 24.0 Å². The number of rotatable bonds is 6. The first-order chi connectivity index (χ1) is 10.2. The highest BCUT2D eigenvalue weighted by molar-refractivity contribution is 14.0. The fraction of sp³-hybridized carbons (Fsp3) is 0.938. The number of aliphatic imine (C=N–C) groups is 1. The highest BCUT2D eigenvalue weighted by atomic mass is 127. The Morgan fingerprint density at radius 1 is 1.09 bits per heavy atom. The van der Waals surface area contributed by atoms with Crippen molar-refractivity contribution in [3.63, 3.8) is 0 Å². The van der Waals surface area contributed by atoms with E-state index in [1.807, 2.05) is 0 Å². The third-order valence-electron chi connectivity index (χ3n) is 4.72. The van der Waals surface area contributed by atoms with Crippen LogP contribution in [0.25, 0.3) is 0 Å². The summed E-state index contributed by atoms with van der Waals surface area (Å²) < 4.78 is 0. The lowest BCUT2D eigenvalue weighted by Gasteiger charge is -2.32. The monoisotopic (exact) mass is 423 g/mol. The minimum atomic E-state index is 0. The summed E-state index contributed by atoms with van der Waals surface area (Å²) in [5.74, 6) is 0.654. The summed E-state index contributed by atoms with van der Waals surface area (Å²) in [7, 11) is 2.20. The van der Waals surface area contributed by atoms with Gasteiger partial charge in [0.1, 0.15) is 0 Å². The second-order valence-corrected chi connectivity index (χ2v) is 6.60. The van der Waals surface area contributed by atoms with Crippen LogP contribution in [0.3, 0.4) is 0 Å². The van der Waals surface area contributed by atoms with Gasteiger partial charge in [0.05, 0.1) is 0 Å². The van der Waals surface area contributed by atoms with Crippen molar-refractivity contribution in [1.82, 2.24) is 15.1 Å². The van der Waals surface area contributed by atoms with Crippen molar-refractivity contribution in [1.29, 1.82) is 0 Å². The van der Waals surface area contributed by atoms with Crippen molar-refractivity contribution >= 4 is 29.9 Å². The van der Waals surface area contributed by atoms with E-state index in [9.17, 15) is 0 Å². The molecule has 1 aliphatic heterocycles. The molecule has 2 rings (SSSR count). The Morgan fingerprint density at radius 2 is 1.77 bits per heavy atom. The Labute approximate surface area is 153 Å². The topological polar surface area (TPSA) is 56.9 Å². The molecule has 0 aromatic carbocycles. The van der Waals surface area contributed by atoms with Crippen LogP contribution in [0.5, 0.6) is 0 Å². The average molecular weight is 423 g/mol. The van der Waals surface area contributed by atoms with Crippen molar-refractivity contribution in [2.45, 2.75) is 51.0 Å². The van der Waals surface area contributed by atoms with E-state index < -0.39 is 0 Å². The van der Waals surface area contributed by atoms with E-state index in [0.717, 1.165) is 13.0 Å². The first kappa shape index (κ1) is 20.0. The van der Waals surface area contributed by atoms with Gasteiger partial charge in [-0.3, -0.25) is 4.99 Å². The Bertz CT molecular complexity index is 310. The SMILES string of the molecule is CN1CCN(CCCCN=C(N)NC2CCCCC2)CC1.I. The summed E-state index contributed by atoms with van der Waals surface area (Å²) in [4.78, 5) is 9.43. The lowest BCUT2D eigenvalue weighted by atomic mass is 9.96. The largest absolute Gasteiger partial charge is 0.370 e. The van der Waals surface area contributed by atoms with Crippen LogP contribution >= 0.6 is 24.0 Å². The van der Waals surface area contributed by atoms with Crippen LogP contribution in [0.4, 0.5) is 0 Å². The third-order valence-corrected chi connectivity index (χ3v) is 4.72. The summed E-state index contributed by atoms with van der Waals surface area (Å²) in [6.07, 6.45) is 8.90. The Morgan fingerprint density at radius 3 is 2.45 bits per heavy atom. The highest BCUT2D eigenvalue weighted by Gasteiger charge is 2.14. The minimum Gasteiger partial charge on any atom is -0.370 e. The molecule has 6 heteroatoms. The highest BCUT2D eigenvalue weighted by Crippen LogP contribution is 2.16. The molecule has 0 unspecified atom stereocenters. The molecule has 1 saturated carbocycles. The predicted molar refractivity (Wildman–Crippen MR) is 105 cm³/mol. The number of hydrogen-bond donors (Lipinski definition) is 2. The molecular weight excluding hydrogens is 389 g/mol. The van der Waals surface area contributed by atoms with Crippen LogP contribution in [0.2, 0.25) is 0 Å². The zero-order valence-electron chi connectivity index (χ0n) is 14.1. The number of unbranched alkanes of at least 4 members (excludes halogenated alkanes) is 1. The van der Waals surface area contributed by atoms with E-state index >= 15 is 0 Å². The lowest BCUT2D eigenvalue weighted by Crippen LogP contribution is -2.44. The third kappa shape index (κ3) is 7.97. The van der Waals surface area contributed by atoms with Gasteiger partial charge in [0.25, 0.3) is 0 Å². The maximum absolute atomic E-state index is 5.97. The van der Waals surface area contributed by atoms with E-state index in [2.05, 4.69) is 27.2 Å². The molecule has 0 aromatic heterocycles. The van der Waals surface area contributed by atoms with E-state index in [4.69, 9.17) is 5.73 Å². The predicted octanol–water partition coefficient (Wildman–Crippen LogP) is 1.87. The number of guanidine groups is 1. The Kier molecular flexibility index (Phi) is 10.4. The summed E-state index contributed by atoms with van der Waals surface area (Å²) in [6, 6.07) is 0.563. The normalized spacial score (nSPS) is 22.3. The van der Waals surface area contributed by atoms with E-state index in [1.165, 1.54) is 71.2 Å². The smallest absolute Gasteiger partial charge is 0.188 e. The van der Waals surface area contributed by atoms with Gasteiger partial charge >= 0.3 is 0 Å². The van der Waals surface area contributed by atoms with Crippen molar-refractivity contribution in [2.24, 2.45) is 10.7 Å².